The van der Waals surface area contributed by atoms with Crippen molar-refractivity contribution in [3.8, 4) is 10.6 Å². The Morgan fingerprint density at radius 2 is 1.94 bits per heavy atom. The van der Waals surface area contributed by atoms with E-state index in [0.717, 1.165) is 39.6 Å². The molecule has 31 heavy (non-hydrogen) atoms. The van der Waals surface area contributed by atoms with E-state index in [1.165, 1.54) is 16.9 Å². The van der Waals surface area contributed by atoms with Gasteiger partial charge in [-0.25, -0.2) is 4.98 Å². The zero-order valence-corrected chi connectivity index (χ0v) is 18.8. The third kappa shape index (κ3) is 4.77. The monoisotopic (exact) mass is 434 g/mol. The summed E-state index contributed by atoms with van der Waals surface area (Å²) < 4.78 is 0. The SMILES string of the molecule is Cc1ccc(-c2nc(C)c(C(=O)NCc3ccc(N4CCNC(=O)C4)cc3)s2)c(C)c1. The standard InChI is InChI=1S/C24H26N4O2S/c1-15-4-9-20(16(2)12-15)24-27-17(3)22(31-24)23(30)26-13-18-5-7-19(8-6-18)28-11-10-25-21(29)14-28/h4-9,12H,10-11,13-14H2,1-3H3,(H,25,29)(H,26,30). The minimum Gasteiger partial charge on any atom is -0.360 e. The second kappa shape index (κ2) is 8.89. The van der Waals surface area contributed by atoms with Gasteiger partial charge in [-0.15, -0.1) is 11.3 Å². The van der Waals surface area contributed by atoms with Gasteiger partial charge >= 0.3 is 0 Å². The quantitative estimate of drug-likeness (QED) is 0.644. The first-order chi connectivity index (χ1) is 14.9. The number of piperazine rings is 1. The lowest BCUT2D eigenvalue weighted by Gasteiger charge is -2.28. The maximum absolute atomic E-state index is 12.8. The van der Waals surface area contributed by atoms with Gasteiger partial charge in [-0.05, 0) is 44.0 Å². The Hall–Kier alpha value is -3.19. The van der Waals surface area contributed by atoms with E-state index in [1.54, 1.807) is 0 Å². The molecule has 2 heterocycles. The molecule has 0 saturated carbocycles. The Labute approximate surface area is 186 Å². The van der Waals surface area contributed by atoms with Gasteiger partial charge in [0.2, 0.25) is 5.91 Å². The smallest absolute Gasteiger partial charge is 0.263 e. The number of nitrogens with zero attached hydrogens (tertiary/aromatic N) is 2. The summed E-state index contributed by atoms with van der Waals surface area (Å²) in [6.45, 7) is 8.29. The molecule has 0 atom stereocenters. The van der Waals surface area contributed by atoms with E-state index in [-0.39, 0.29) is 11.8 Å². The van der Waals surface area contributed by atoms with E-state index in [9.17, 15) is 9.59 Å². The maximum atomic E-state index is 12.8. The lowest BCUT2D eigenvalue weighted by Crippen LogP contribution is -2.47. The van der Waals surface area contributed by atoms with Crippen molar-refractivity contribution in [2.75, 3.05) is 24.5 Å². The van der Waals surface area contributed by atoms with Crippen molar-refractivity contribution in [1.82, 2.24) is 15.6 Å². The van der Waals surface area contributed by atoms with Crippen molar-refractivity contribution in [2.24, 2.45) is 0 Å². The Bertz CT molecular complexity index is 1120. The number of aryl methyl sites for hydroxylation is 3. The molecule has 0 radical (unpaired) electrons. The summed E-state index contributed by atoms with van der Waals surface area (Å²) in [5.74, 6) is -0.0643. The highest BCUT2D eigenvalue weighted by atomic mass is 32.1. The molecular formula is C24H26N4O2S. The van der Waals surface area contributed by atoms with Crippen molar-refractivity contribution in [2.45, 2.75) is 27.3 Å². The van der Waals surface area contributed by atoms with E-state index in [1.807, 2.05) is 31.2 Å². The third-order valence-corrected chi connectivity index (χ3v) is 6.60. The highest BCUT2D eigenvalue weighted by Crippen LogP contribution is 2.30. The fraction of sp³-hybridized carbons (Fsp3) is 0.292. The lowest BCUT2D eigenvalue weighted by atomic mass is 10.1. The van der Waals surface area contributed by atoms with Crippen molar-refractivity contribution in [3.63, 3.8) is 0 Å². The van der Waals surface area contributed by atoms with Gasteiger partial charge in [0.1, 0.15) is 9.88 Å². The largest absolute Gasteiger partial charge is 0.360 e. The minimum atomic E-state index is -0.109. The van der Waals surface area contributed by atoms with Gasteiger partial charge in [-0.3, -0.25) is 9.59 Å². The fourth-order valence-corrected chi connectivity index (χ4v) is 4.80. The number of nitrogens with one attached hydrogen (secondary N) is 2. The van der Waals surface area contributed by atoms with Crippen LogP contribution < -0.4 is 15.5 Å². The second-order valence-electron chi connectivity index (χ2n) is 7.87. The lowest BCUT2D eigenvalue weighted by molar-refractivity contribution is -0.120. The van der Waals surface area contributed by atoms with Gasteiger partial charge in [0.05, 0.1) is 12.2 Å². The van der Waals surface area contributed by atoms with Crippen molar-refractivity contribution < 1.29 is 9.59 Å². The van der Waals surface area contributed by atoms with Crippen molar-refractivity contribution >= 4 is 28.8 Å². The first-order valence-electron chi connectivity index (χ1n) is 10.3. The number of amides is 2. The Morgan fingerprint density at radius 3 is 2.65 bits per heavy atom. The normalized spacial score (nSPS) is 13.8. The summed E-state index contributed by atoms with van der Waals surface area (Å²) in [6, 6.07) is 14.2. The number of carbonyl (C=O) groups is 2. The topological polar surface area (TPSA) is 74.3 Å². The number of rotatable bonds is 5. The van der Waals surface area contributed by atoms with E-state index in [2.05, 4.69) is 52.6 Å². The summed E-state index contributed by atoms with van der Waals surface area (Å²) in [5, 5.41) is 6.71. The highest BCUT2D eigenvalue weighted by molar-refractivity contribution is 7.17. The van der Waals surface area contributed by atoms with Crippen molar-refractivity contribution in [3.05, 3.63) is 69.7 Å². The molecule has 1 fully saturated rings. The van der Waals surface area contributed by atoms with Crippen LogP contribution in [0.4, 0.5) is 5.69 Å². The molecule has 1 aromatic heterocycles. The predicted molar refractivity (Wildman–Crippen MR) is 125 cm³/mol. The molecule has 0 unspecified atom stereocenters. The number of anilines is 1. The fourth-order valence-electron chi connectivity index (χ4n) is 3.72. The molecule has 6 nitrogen and oxygen atoms in total. The minimum absolute atomic E-state index is 0.0442. The van der Waals surface area contributed by atoms with Gasteiger partial charge in [-0.2, -0.15) is 0 Å². The molecule has 0 spiro atoms. The van der Waals surface area contributed by atoms with Crippen LogP contribution in [0.2, 0.25) is 0 Å². The van der Waals surface area contributed by atoms with Gasteiger partial charge in [0, 0.05) is 30.9 Å². The summed E-state index contributed by atoms with van der Waals surface area (Å²) in [6.07, 6.45) is 0. The highest BCUT2D eigenvalue weighted by Gasteiger charge is 2.18. The molecule has 160 valence electrons. The van der Waals surface area contributed by atoms with Crippen molar-refractivity contribution in [1.29, 1.82) is 0 Å². The maximum Gasteiger partial charge on any atom is 0.263 e. The molecule has 2 N–H and O–H groups in total. The summed E-state index contributed by atoms with van der Waals surface area (Å²) in [5.41, 5.74) is 6.21. The Morgan fingerprint density at radius 1 is 1.16 bits per heavy atom. The van der Waals surface area contributed by atoms with E-state index < -0.39 is 0 Å². The van der Waals surface area contributed by atoms with E-state index >= 15 is 0 Å². The van der Waals surface area contributed by atoms with Gasteiger partial charge < -0.3 is 15.5 Å². The number of hydrogen-bond acceptors (Lipinski definition) is 5. The number of thiazole rings is 1. The van der Waals surface area contributed by atoms with Crippen LogP contribution in [0.3, 0.4) is 0 Å². The van der Waals surface area contributed by atoms with Crippen LogP contribution in [0.5, 0.6) is 0 Å². The van der Waals surface area contributed by atoms with E-state index in [0.29, 0.717) is 24.5 Å². The molecule has 2 aromatic carbocycles. The van der Waals surface area contributed by atoms with Crippen LogP contribution in [-0.4, -0.2) is 36.4 Å². The molecule has 1 saturated heterocycles. The summed E-state index contributed by atoms with van der Waals surface area (Å²) in [4.78, 5) is 31.7. The summed E-state index contributed by atoms with van der Waals surface area (Å²) >= 11 is 1.43. The van der Waals surface area contributed by atoms with E-state index in [4.69, 9.17) is 0 Å². The van der Waals surface area contributed by atoms with Gasteiger partial charge in [0.25, 0.3) is 5.91 Å². The van der Waals surface area contributed by atoms with Crippen LogP contribution >= 0.6 is 11.3 Å². The second-order valence-corrected chi connectivity index (χ2v) is 8.87. The van der Waals surface area contributed by atoms with Gasteiger partial charge in [0.15, 0.2) is 0 Å². The van der Waals surface area contributed by atoms with Crippen LogP contribution in [0, 0.1) is 20.8 Å². The molecule has 0 aliphatic carbocycles. The van der Waals surface area contributed by atoms with Crippen LogP contribution in [0.25, 0.3) is 10.6 Å². The zero-order chi connectivity index (χ0) is 22.0. The average molecular weight is 435 g/mol. The number of benzene rings is 2. The molecule has 3 aromatic rings. The summed E-state index contributed by atoms with van der Waals surface area (Å²) in [7, 11) is 0. The number of hydrogen-bond donors (Lipinski definition) is 2. The van der Waals surface area contributed by atoms with Gasteiger partial charge in [-0.1, -0.05) is 35.9 Å². The molecule has 4 rings (SSSR count). The molecule has 1 aliphatic heterocycles. The third-order valence-electron chi connectivity index (χ3n) is 5.41. The number of aromatic nitrogens is 1. The first kappa shape index (κ1) is 21.1. The molecular weight excluding hydrogens is 408 g/mol. The Balaban J connectivity index is 1.41. The van der Waals surface area contributed by atoms with Crippen LogP contribution in [-0.2, 0) is 11.3 Å². The average Bonchev–Trinajstić information content (AvgIpc) is 3.13. The van der Waals surface area contributed by atoms with Crippen LogP contribution in [0.1, 0.15) is 32.1 Å². The first-order valence-corrected chi connectivity index (χ1v) is 11.2. The van der Waals surface area contributed by atoms with Crippen LogP contribution in [0.15, 0.2) is 42.5 Å². The molecule has 1 aliphatic rings. The molecule has 0 bridgehead atoms. The zero-order valence-electron chi connectivity index (χ0n) is 18.0. The predicted octanol–water partition coefficient (Wildman–Crippen LogP) is 3.60. The molecule has 2 amide bonds. The Kier molecular flexibility index (Phi) is 6.04. The number of carbonyl (C=O) groups excluding carboxylic acids is 2. The molecule has 7 heteroatoms.